The molecule has 0 spiro atoms. The third-order valence-electron chi connectivity index (χ3n) is 6.16. The van der Waals surface area contributed by atoms with E-state index in [1.54, 1.807) is 6.07 Å². The zero-order valence-electron chi connectivity index (χ0n) is 19.7. The van der Waals surface area contributed by atoms with Gasteiger partial charge in [-0.25, -0.2) is 13.6 Å². The summed E-state index contributed by atoms with van der Waals surface area (Å²) >= 11 is 0. The van der Waals surface area contributed by atoms with Crippen LogP contribution in [0.25, 0.3) is 0 Å². The number of rotatable bonds is 6. The number of nitrogens with zero attached hydrogens (tertiary/aromatic N) is 1. The van der Waals surface area contributed by atoms with Gasteiger partial charge >= 0.3 is 6.03 Å². The summed E-state index contributed by atoms with van der Waals surface area (Å²) in [5.41, 5.74) is -1.37. The molecule has 0 aliphatic carbocycles. The van der Waals surface area contributed by atoms with Crippen LogP contribution in [-0.4, -0.2) is 42.5 Å². The van der Waals surface area contributed by atoms with Crippen LogP contribution < -0.4 is 20.1 Å². The normalized spacial score (nSPS) is 20.5. The van der Waals surface area contributed by atoms with Gasteiger partial charge in [-0.3, -0.25) is 14.5 Å². The van der Waals surface area contributed by atoms with Gasteiger partial charge in [-0.2, -0.15) is 0 Å². The molecule has 2 aliphatic rings. The van der Waals surface area contributed by atoms with Crippen molar-refractivity contribution >= 4 is 17.8 Å². The van der Waals surface area contributed by atoms with E-state index in [9.17, 15) is 23.2 Å². The summed E-state index contributed by atoms with van der Waals surface area (Å²) in [4.78, 5) is 39.2. The van der Waals surface area contributed by atoms with Crippen LogP contribution in [-0.2, 0) is 15.1 Å². The monoisotopic (exact) mass is 487 g/mol. The molecule has 10 heteroatoms. The second-order valence-corrected chi connectivity index (χ2v) is 9.12. The van der Waals surface area contributed by atoms with Crippen molar-refractivity contribution in [3.63, 3.8) is 0 Å². The summed E-state index contributed by atoms with van der Waals surface area (Å²) < 4.78 is 39.5. The number of nitrogens with one attached hydrogen (secondary N) is 2. The van der Waals surface area contributed by atoms with Gasteiger partial charge in [0.05, 0.1) is 19.3 Å². The number of imide groups is 1. The number of fused-ring (bicyclic) bond motifs is 1. The van der Waals surface area contributed by atoms with E-state index in [1.807, 2.05) is 26.0 Å². The Morgan fingerprint density at radius 3 is 2.54 bits per heavy atom. The van der Waals surface area contributed by atoms with Crippen molar-refractivity contribution in [2.45, 2.75) is 38.8 Å². The standard InChI is InChI=1S/C25H27F2N3O5/c1-14(2)22(15-5-8-19-20(11-15)35-10-4-9-34-19)28-21(31)13-30-23(32)25(3,29-24(30)33)17-12-16(26)6-7-18(17)27/h5-8,11-12,14,22H,4,9-10,13H2,1-3H3,(H,28,31)(H,29,33)/t22-,25+/m0/s1. The molecule has 2 aliphatic heterocycles. The summed E-state index contributed by atoms with van der Waals surface area (Å²) in [5, 5.41) is 5.26. The molecular formula is C25H27F2N3O5. The van der Waals surface area contributed by atoms with Crippen molar-refractivity contribution in [1.29, 1.82) is 0 Å². The maximum absolute atomic E-state index is 14.4. The minimum atomic E-state index is -1.84. The van der Waals surface area contributed by atoms with E-state index in [2.05, 4.69) is 10.6 Å². The fourth-order valence-electron chi connectivity index (χ4n) is 4.27. The van der Waals surface area contributed by atoms with Crippen molar-refractivity contribution in [2.75, 3.05) is 19.8 Å². The maximum atomic E-state index is 14.4. The molecule has 0 unspecified atom stereocenters. The van der Waals surface area contributed by atoms with E-state index < -0.39 is 47.6 Å². The molecule has 4 rings (SSSR count). The summed E-state index contributed by atoms with van der Waals surface area (Å²) in [6, 6.07) is 6.77. The van der Waals surface area contributed by atoms with E-state index in [0.717, 1.165) is 30.2 Å². The number of benzene rings is 2. The smallest absolute Gasteiger partial charge is 0.325 e. The molecule has 1 fully saturated rings. The third kappa shape index (κ3) is 4.78. The van der Waals surface area contributed by atoms with Gasteiger partial charge in [-0.1, -0.05) is 19.9 Å². The van der Waals surface area contributed by atoms with Crippen molar-refractivity contribution < 1.29 is 32.6 Å². The molecule has 2 aromatic rings. The number of ether oxygens (including phenoxy) is 2. The fraction of sp³-hybridized carbons (Fsp3) is 0.400. The Morgan fingerprint density at radius 2 is 1.83 bits per heavy atom. The van der Waals surface area contributed by atoms with E-state index >= 15 is 0 Å². The highest BCUT2D eigenvalue weighted by atomic mass is 19.1. The number of carbonyl (C=O) groups is 3. The molecule has 0 aromatic heterocycles. The van der Waals surface area contributed by atoms with Crippen molar-refractivity contribution in [3.05, 3.63) is 59.2 Å². The van der Waals surface area contributed by atoms with Gasteiger partial charge in [0.25, 0.3) is 5.91 Å². The van der Waals surface area contributed by atoms with Gasteiger partial charge in [-0.05, 0) is 48.7 Å². The first-order valence-electron chi connectivity index (χ1n) is 11.4. The molecule has 0 radical (unpaired) electrons. The van der Waals surface area contributed by atoms with Gasteiger partial charge < -0.3 is 20.1 Å². The second-order valence-electron chi connectivity index (χ2n) is 9.12. The molecule has 2 atom stereocenters. The molecule has 2 N–H and O–H groups in total. The van der Waals surface area contributed by atoms with Crippen LogP contribution in [0, 0.1) is 17.6 Å². The van der Waals surface area contributed by atoms with Crippen LogP contribution in [0.15, 0.2) is 36.4 Å². The highest BCUT2D eigenvalue weighted by Gasteiger charge is 2.51. The van der Waals surface area contributed by atoms with Crippen molar-refractivity contribution in [2.24, 2.45) is 5.92 Å². The Kier molecular flexibility index (Phi) is 6.64. The quantitative estimate of drug-likeness (QED) is 0.609. The SMILES string of the molecule is CC(C)[C@H](NC(=O)CN1C(=O)N[C@](C)(c2cc(F)ccc2F)C1=O)c1ccc2c(c1)OCCCO2. The predicted molar refractivity (Wildman–Crippen MR) is 122 cm³/mol. The van der Waals surface area contributed by atoms with Crippen LogP contribution in [0.2, 0.25) is 0 Å². The molecule has 0 saturated carbocycles. The van der Waals surface area contributed by atoms with Gasteiger partial charge in [0.1, 0.15) is 23.7 Å². The molecule has 0 bridgehead atoms. The Labute approximate surface area is 201 Å². The fourth-order valence-corrected chi connectivity index (χ4v) is 4.27. The molecule has 4 amide bonds. The lowest BCUT2D eigenvalue weighted by Crippen LogP contribution is -2.44. The molecular weight excluding hydrogens is 460 g/mol. The number of halogens is 2. The minimum absolute atomic E-state index is 0.0292. The molecule has 1 saturated heterocycles. The third-order valence-corrected chi connectivity index (χ3v) is 6.16. The summed E-state index contributed by atoms with van der Waals surface area (Å²) in [7, 11) is 0. The van der Waals surface area contributed by atoms with E-state index in [4.69, 9.17) is 9.47 Å². The van der Waals surface area contributed by atoms with Gasteiger partial charge in [0.2, 0.25) is 5.91 Å². The van der Waals surface area contributed by atoms with Crippen LogP contribution in [0.3, 0.4) is 0 Å². The van der Waals surface area contributed by atoms with E-state index in [0.29, 0.717) is 29.6 Å². The predicted octanol–water partition coefficient (Wildman–Crippen LogP) is 3.41. The largest absolute Gasteiger partial charge is 0.490 e. The highest BCUT2D eigenvalue weighted by Crippen LogP contribution is 2.35. The Balaban J connectivity index is 1.51. The van der Waals surface area contributed by atoms with Crippen molar-refractivity contribution in [3.8, 4) is 11.5 Å². The van der Waals surface area contributed by atoms with Crippen LogP contribution in [0.1, 0.15) is 44.4 Å². The molecule has 35 heavy (non-hydrogen) atoms. The first kappa shape index (κ1) is 24.4. The first-order chi connectivity index (χ1) is 16.6. The summed E-state index contributed by atoms with van der Waals surface area (Å²) in [6.07, 6.45) is 0.763. The van der Waals surface area contributed by atoms with Gasteiger partial charge in [0.15, 0.2) is 11.5 Å². The maximum Gasteiger partial charge on any atom is 0.325 e. The number of amides is 4. The lowest BCUT2D eigenvalue weighted by Gasteiger charge is -2.25. The Morgan fingerprint density at radius 1 is 1.11 bits per heavy atom. The van der Waals surface area contributed by atoms with E-state index in [1.165, 1.54) is 6.92 Å². The zero-order chi connectivity index (χ0) is 25.3. The number of urea groups is 1. The molecule has 8 nitrogen and oxygen atoms in total. The second kappa shape index (κ2) is 9.52. The highest BCUT2D eigenvalue weighted by molar-refractivity contribution is 6.09. The molecule has 2 heterocycles. The zero-order valence-corrected chi connectivity index (χ0v) is 19.7. The molecule has 186 valence electrons. The number of hydrogen-bond acceptors (Lipinski definition) is 5. The van der Waals surface area contributed by atoms with Crippen LogP contribution >= 0.6 is 0 Å². The average Bonchev–Trinajstić information content (AvgIpc) is 2.97. The first-order valence-corrected chi connectivity index (χ1v) is 11.4. The number of hydrogen-bond donors (Lipinski definition) is 2. The minimum Gasteiger partial charge on any atom is -0.490 e. The van der Waals surface area contributed by atoms with Gasteiger partial charge in [-0.15, -0.1) is 0 Å². The Bertz CT molecular complexity index is 1170. The summed E-state index contributed by atoms with van der Waals surface area (Å²) in [6.45, 7) is 5.62. The van der Waals surface area contributed by atoms with E-state index in [-0.39, 0.29) is 11.5 Å². The Hall–Kier alpha value is -3.69. The summed E-state index contributed by atoms with van der Waals surface area (Å²) in [5.74, 6) is -1.84. The average molecular weight is 488 g/mol. The van der Waals surface area contributed by atoms with Crippen LogP contribution in [0.4, 0.5) is 13.6 Å². The van der Waals surface area contributed by atoms with Crippen molar-refractivity contribution in [1.82, 2.24) is 15.5 Å². The number of carbonyl (C=O) groups excluding carboxylic acids is 3. The molecule has 2 aromatic carbocycles. The topological polar surface area (TPSA) is 97.0 Å². The lowest BCUT2D eigenvalue weighted by atomic mass is 9.91. The lowest BCUT2D eigenvalue weighted by molar-refractivity contribution is -0.135. The van der Waals surface area contributed by atoms with Crippen LogP contribution in [0.5, 0.6) is 11.5 Å². The van der Waals surface area contributed by atoms with Gasteiger partial charge in [0, 0.05) is 12.0 Å².